The number of carbonyl (C=O) groups is 2. The normalized spacial score (nSPS) is 18.6. The smallest absolute Gasteiger partial charge is 0.232 e. The van der Waals surface area contributed by atoms with Crippen molar-refractivity contribution in [3.05, 3.63) is 60.2 Å². The Bertz CT molecular complexity index is 883. The molecule has 32 heavy (non-hydrogen) atoms. The van der Waals surface area contributed by atoms with E-state index in [1.165, 1.54) is 38.5 Å². The van der Waals surface area contributed by atoms with Gasteiger partial charge in [0, 0.05) is 6.42 Å². The van der Waals surface area contributed by atoms with Crippen molar-refractivity contribution < 1.29 is 9.59 Å². The van der Waals surface area contributed by atoms with Crippen LogP contribution in [0.1, 0.15) is 82.1 Å². The van der Waals surface area contributed by atoms with Crippen molar-refractivity contribution in [2.24, 2.45) is 11.8 Å². The first-order valence-corrected chi connectivity index (χ1v) is 12.5. The van der Waals surface area contributed by atoms with Gasteiger partial charge < -0.3 is 10.6 Å². The predicted octanol–water partition coefficient (Wildman–Crippen LogP) is 6.90. The van der Waals surface area contributed by atoms with E-state index in [0.717, 1.165) is 31.2 Å². The van der Waals surface area contributed by atoms with Crippen LogP contribution in [-0.2, 0) is 9.59 Å². The van der Waals surface area contributed by atoms with E-state index >= 15 is 0 Å². The fourth-order valence-corrected chi connectivity index (χ4v) is 5.53. The van der Waals surface area contributed by atoms with Gasteiger partial charge in [0.2, 0.25) is 11.8 Å². The lowest BCUT2D eigenvalue weighted by atomic mass is 9.76. The van der Waals surface area contributed by atoms with E-state index in [9.17, 15) is 9.59 Å². The average Bonchev–Trinajstić information content (AvgIpc) is 2.82. The van der Waals surface area contributed by atoms with Gasteiger partial charge >= 0.3 is 0 Å². The van der Waals surface area contributed by atoms with E-state index in [4.69, 9.17) is 0 Å². The molecule has 2 saturated carbocycles. The van der Waals surface area contributed by atoms with E-state index in [0.29, 0.717) is 29.6 Å². The molecule has 0 bridgehead atoms. The number of benzene rings is 2. The molecule has 0 saturated heterocycles. The second-order valence-electron chi connectivity index (χ2n) is 9.58. The van der Waals surface area contributed by atoms with Gasteiger partial charge in [-0.15, -0.1) is 0 Å². The van der Waals surface area contributed by atoms with Crippen LogP contribution < -0.4 is 10.6 Å². The molecule has 170 valence electrons. The van der Waals surface area contributed by atoms with Crippen molar-refractivity contribution in [3.63, 3.8) is 0 Å². The number of hydrogen-bond donors (Lipinski definition) is 2. The minimum Gasteiger partial charge on any atom is -0.324 e. The van der Waals surface area contributed by atoms with Crippen molar-refractivity contribution in [2.75, 3.05) is 10.6 Å². The van der Waals surface area contributed by atoms with Crippen LogP contribution in [0.4, 0.5) is 11.4 Å². The van der Waals surface area contributed by atoms with Crippen molar-refractivity contribution in [1.82, 2.24) is 0 Å². The summed E-state index contributed by atoms with van der Waals surface area (Å²) in [6.45, 7) is 0. The zero-order valence-electron chi connectivity index (χ0n) is 19.0. The molecule has 4 heteroatoms. The maximum absolute atomic E-state index is 13.5. The van der Waals surface area contributed by atoms with Crippen molar-refractivity contribution >= 4 is 23.2 Å². The zero-order chi connectivity index (χ0) is 22.2. The Labute approximate surface area is 192 Å². The summed E-state index contributed by atoms with van der Waals surface area (Å²) in [5.74, 6) is 0.753. The largest absolute Gasteiger partial charge is 0.324 e. The Morgan fingerprint density at radius 1 is 0.719 bits per heavy atom. The van der Waals surface area contributed by atoms with Gasteiger partial charge in [-0.25, -0.2) is 0 Å². The zero-order valence-corrected chi connectivity index (χ0v) is 19.0. The first-order valence-electron chi connectivity index (χ1n) is 12.5. The molecule has 2 N–H and O–H groups in total. The fraction of sp³-hybridized carbons (Fsp3) is 0.500. The second kappa shape index (κ2) is 11.3. The SMILES string of the molecule is O=C(CC1CCCCC1)Nc1ccccc1NC(=O)C(c1ccccc1)C1CCCCC1. The molecule has 0 aromatic heterocycles. The molecule has 0 aliphatic heterocycles. The van der Waals surface area contributed by atoms with Gasteiger partial charge in [0.1, 0.15) is 0 Å². The summed E-state index contributed by atoms with van der Waals surface area (Å²) < 4.78 is 0. The number of amides is 2. The van der Waals surface area contributed by atoms with Crippen molar-refractivity contribution in [1.29, 1.82) is 0 Å². The molecule has 2 aliphatic rings. The first-order chi connectivity index (χ1) is 15.7. The van der Waals surface area contributed by atoms with Crippen LogP contribution in [0.2, 0.25) is 0 Å². The fourth-order valence-electron chi connectivity index (χ4n) is 5.53. The van der Waals surface area contributed by atoms with E-state index in [1.54, 1.807) is 0 Å². The van der Waals surface area contributed by atoms with Crippen LogP contribution in [0.3, 0.4) is 0 Å². The molecule has 2 aliphatic carbocycles. The Balaban J connectivity index is 1.47. The third kappa shape index (κ3) is 5.99. The van der Waals surface area contributed by atoms with E-state index in [-0.39, 0.29) is 17.7 Å². The van der Waals surface area contributed by atoms with Crippen LogP contribution in [0.25, 0.3) is 0 Å². The molecule has 4 rings (SSSR count). The standard InChI is InChI=1S/C28H36N2O2/c31-26(20-21-12-4-1-5-13-21)29-24-18-10-11-19-25(24)30-28(32)27(22-14-6-2-7-15-22)23-16-8-3-9-17-23/h2,6-7,10-11,14-15,18-19,21,23,27H,1,3-5,8-9,12-13,16-17,20H2,(H,29,31)(H,30,32). The van der Waals surface area contributed by atoms with E-state index < -0.39 is 0 Å². The molecule has 2 aromatic rings. The average molecular weight is 433 g/mol. The number of rotatable bonds is 7. The highest BCUT2D eigenvalue weighted by Crippen LogP contribution is 2.37. The van der Waals surface area contributed by atoms with Gasteiger partial charge in [0.25, 0.3) is 0 Å². The summed E-state index contributed by atoms with van der Waals surface area (Å²) in [4.78, 5) is 26.2. The summed E-state index contributed by atoms with van der Waals surface area (Å²) in [5, 5.41) is 6.23. The molecule has 4 nitrogen and oxygen atoms in total. The minimum atomic E-state index is -0.164. The quantitative estimate of drug-likeness (QED) is 0.500. The summed E-state index contributed by atoms with van der Waals surface area (Å²) in [5.41, 5.74) is 2.46. The summed E-state index contributed by atoms with van der Waals surface area (Å²) in [6.07, 6.45) is 12.4. The van der Waals surface area contributed by atoms with Gasteiger partial charge in [-0.3, -0.25) is 9.59 Å². The molecule has 2 aromatic carbocycles. The lowest BCUT2D eigenvalue weighted by Gasteiger charge is -2.30. The van der Waals surface area contributed by atoms with Gasteiger partial charge in [-0.1, -0.05) is 81.0 Å². The van der Waals surface area contributed by atoms with Crippen LogP contribution >= 0.6 is 0 Å². The Hall–Kier alpha value is -2.62. The first kappa shape index (κ1) is 22.6. The van der Waals surface area contributed by atoms with Crippen LogP contribution in [0.15, 0.2) is 54.6 Å². The molecule has 0 heterocycles. The molecule has 1 atom stereocenters. The maximum atomic E-state index is 13.5. The van der Waals surface area contributed by atoms with Gasteiger partial charge in [0.15, 0.2) is 0 Å². The van der Waals surface area contributed by atoms with Gasteiger partial charge in [-0.2, -0.15) is 0 Å². The Kier molecular flexibility index (Phi) is 7.97. The van der Waals surface area contributed by atoms with Gasteiger partial charge in [0.05, 0.1) is 17.3 Å². The number of para-hydroxylation sites is 2. The molecular weight excluding hydrogens is 396 g/mol. The van der Waals surface area contributed by atoms with E-state index in [2.05, 4.69) is 22.8 Å². The maximum Gasteiger partial charge on any atom is 0.232 e. The molecule has 1 unspecified atom stereocenters. The number of nitrogens with one attached hydrogen (secondary N) is 2. The Morgan fingerprint density at radius 3 is 1.94 bits per heavy atom. The highest BCUT2D eigenvalue weighted by molar-refractivity contribution is 6.01. The minimum absolute atomic E-state index is 0.0251. The molecule has 0 radical (unpaired) electrons. The number of hydrogen-bond acceptors (Lipinski definition) is 2. The van der Waals surface area contributed by atoms with E-state index in [1.807, 2.05) is 42.5 Å². The highest BCUT2D eigenvalue weighted by atomic mass is 16.2. The van der Waals surface area contributed by atoms with Crippen molar-refractivity contribution in [3.8, 4) is 0 Å². The highest BCUT2D eigenvalue weighted by Gasteiger charge is 2.31. The number of carbonyl (C=O) groups excluding carboxylic acids is 2. The number of anilines is 2. The van der Waals surface area contributed by atoms with Crippen LogP contribution in [0, 0.1) is 11.8 Å². The van der Waals surface area contributed by atoms with Crippen LogP contribution in [0.5, 0.6) is 0 Å². The van der Waals surface area contributed by atoms with Crippen molar-refractivity contribution in [2.45, 2.75) is 76.5 Å². The lowest BCUT2D eigenvalue weighted by Crippen LogP contribution is -2.29. The lowest BCUT2D eigenvalue weighted by molar-refractivity contribution is -0.119. The predicted molar refractivity (Wildman–Crippen MR) is 131 cm³/mol. The Morgan fingerprint density at radius 2 is 1.28 bits per heavy atom. The van der Waals surface area contributed by atoms with Crippen LogP contribution in [-0.4, -0.2) is 11.8 Å². The topological polar surface area (TPSA) is 58.2 Å². The second-order valence-corrected chi connectivity index (χ2v) is 9.58. The molecule has 2 amide bonds. The summed E-state index contributed by atoms with van der Waals surface area (Å²) >= 11 is 0. The monoisotopic (exact) mass is 432 g/mol. The third-order valence-corrected chi connectivity index (χ3v) is 7.22. The third-order valence-electron chi connectivity index (χ3n) is 7.22. The summed E-state index contributed by atoms with van der Waals surface area (Å²) in [6, 6.07) is 17.7. The summed E-state index contributed by atoms with van der Waals surface area (Å²) in [7, 11) is 0. The molecule has 2 fully saturated rings. The molecule has 0 spiro atoms. The molecular formula is C28H36N2O2. The van der Waals surface area contributed by atoms with Gasteiger partial charge in [-0.05, 0) is 55.2 Å².